The van der Waals surface area contributed by atoms with Crippen molar-refractivity contribution in [2.45, 2.75) is 19.3 Å². The van der Waals surface area contributed by atoms with Crippen LogP contribution in [0.3, 0.4) is 0 Å². The van der Waals surface area contributed by atoms with Gasteiger partial charge in [-0.2, -0.15) is 0 Å². The van der Waals surface area contributed by atoms with Gasteiger partial charge >= 0.3 is 0 Å². The quantitative estimate of drug-likeness (QED) is 0.864. The molecule has 0 bridgehead atoms. The average molecular weight is 354 g/mol. The van der Waals surface area contributed by atoms with Crippen LogP contribution in [-0.4, -0.2) is 16.8 Å². The van der Waals surface area contributed by atoms with Crippen LogP contribution in [0.2, 0.25) is 5.02 Å². The van der Waals surface area contributed by atoms with E-state index in [-0.39, 0.29) is 29.2 Å². The molecular formula is C15H13ClFN3O2S. The van der Waals surface area contributed by atoms with Crippen molar-refractivity contribution < 1.29 is 14.0 Å². The fourth-order valence-electron chi connectivity index (χ4n) is 1.94. The second kappa shape index (κ2) is 6.64. The van der Waals surface area contributed by atoms with Gasteiger partial charge < -0.3 is 10.6 Å². The van der Waals surface area contributed by atoms with Gasteiger partial charge in [0.2, 0.25) is 11.8 Å². The molecule has 1 aliphatic rings. The van der Waals surface area contributed by atoms with Gasteiger partial charge in [0.15, 0.2) is 5.13 Å². The third-order valence-corrected chi connectivity index (χ3v) is 4.37. The van der Waals surface area contributed by atoms with Gasteiger partial charge in [0.05, 0.1) is 17.1 Å². The summed E-state index contributed by atoms with van der Waals surface area (Å²) in [5.41, 5.74) is 0.977. The maximum absolute atomic E-state index is 13.1. The molecule has 1 aliphatic carbocycles. The predicted octanol–water partition coefficient (Wildman–Crippen LogP) is 3.47. The fourth-order valence-corrected chi connectivity index (χ4v) is 2.84. The summed E-state index contributed by atoms with van der Waals surface area (Å²) in [6, 6.07) is 3.96. The highest BCUT2D eigenvalue weighted by Crippen LogP contribution is 2.30. The van der Waals surface area contributed by atoms with Gasteiger partial charge in [0.25, 0.3) is 0 Å². The van der Waals surface area contributed by atoms with E-state index < -0.39 is 5.82 Å². The van der Waals surface area contributed by atoms with Gasteiger partial charge in [0.1, 0.15) is 5.82 Å². The van der Waals surface area contributed by atoms with Crippen LogP contribution >= 0.6 is 22.9 Å². The number of carbonyl (C=O) groups excluding carboxylic acids is 2. The van der Waals surface area contributed by atoms with E-state index in [0.717, 1.165) is 12.8 Å². The zero-order chi connectivity index (χ0) is 16.4. The van der Waals surface area contributed by atoms with Gasteiger partial charge in [-0.3, -0.25) is 9.59 Å². The molecule has 0 aliphatic heterocycles. The Labute approximate surface area is 140 Å². The molecule has 1 aromatic carbocycles. The van der Waals surface area contributed by atoms with E-state index in [0.29, 0.717) is 16.5 Å². The van der Waals surface area contributed by atoms with Crippen LogP contribution in [-0.2, 0) is 16.0 Å². The molecule has 1 fully saturated rings. The van der Waals surface area contributed by atoms with E-state index in [1.54, 1.807) is 5.38 Å². The van der Waals surface area contributed by atoms with Crippen molar-refractivity contribution in [3.8, 4) is 0 Å². The summed E-state index contributed by atoms with van der Waals surface area (Å²) < 4.78 is 13.1. The lowest BCUT2D eigenvalue weighted by atomic mass is 10.2. The van der Waals surface area contributed by atoms with Crippen molar-refractivity contribution in [1.29, 1.82) is 0 Å². The van der Waals surface area contributed by atoms with Crippen molar-refractivity contribution in [2.75, 3.05) is 10.6 Å². The molecule has 3 rings (SSSR count). The number of nitrogens with one attached hydrogen (secondary N) is 2. The van der Waals surface area contributed by atoms with Crippen LogP contribution in [0, 0.1) is 11.7 Å². The van der Waals surface area contributed by atoms with Gasteiger partial charge in [0, 0.05) is 17.0 Å². The summed E-state index contributed by atoms with van der Waals surface area (Å²) in [6.07, 6.45) is 1.91. The molecule has 1 saturated carbocycles. The number of benzene rings is 1. The summed E-state index contributed by atoms with van der Waals surface area (Å²) in [5, 5.41) is 7.53. The number of anilines is 2. The molecule has 0 unspecified atom stereocenters. The third kappa shape index (κ3) is 4.27. The number of carbonyl (C=O) groups is 2. The SMILES string of the molecule is O=C(Cc1csc(NC(=O)C2CC2)n1)Nc1ccc(F)c(Cl)c1. The fraction of sp³-hybridized carbons (Fsp3) is 0.267. The lowest BCUT2D eigenvalue weighted by Gasteiger charge is -2.05. The average Bonchev–Trinajstić information content (AvgIpc) is 3.26. The normalized spacial score (nSPS) is 13.7. The number of nitrogens with zero attached hydrogens (tertiary/aromatic N) is 1. The van der Waals surface area contributed by atoms with E-state index in [4.69, 9.17) is 11.6 Å². The number of hydrogen-bond acceptors (Lipinski definition) is 4. The molecule has 2 amide bonds. The molecule has 8 heteroatoms. The smallest absolute Gasteiger partial charge is 0.230 e. The first-order chi connectivity index (χ1) is 11.0. The van der Waals surface area contributed by atoms with E-state index in [9.17, 15) is 14.0 Å². The Bertz CT molecular complexity index is 761. The summed E-state index contributed by atoms with van der Waals surface area (Å²) in [5.74, 6) is -0.747. The first-order valence-electron chi connectivity index (χ1n) is 7.01. The van der Waals surface area contributed by atoms with E-state index in [1.807, 2.05) is 0 Å². The van der Waals surface area contributed by atoms with Crippen LogP contribution in [0.15, 0.2) is 23.6 Å². The Morgan fingerprint density at radius 3 is 2.83 bits per heavy atom. The van der Waals surface area contributed by atoms with Crippen molar-refractivity contribution in [3.05, 3.63) is 40.1 Å². The molecule has 120 valence electrons. The number of hydrogen-bond donors (Lipinski definition) is 2. The number of aromatic nitrogens is 1. The highest BCUT2D eigenvalue weighted by atomic mass is 35.5. The molecule has 0 saturated heterocycles. The largest absolute Gasteiger partial charge is 0.326 e. The van der Waals surface area contributed by atoms with Crippen molar-refractivity contribution in [2.24, 2.45) is 5.92 Å². The van der Waals surface area contributed by atoms with Crippen LogP contribution in [0.25, 0.3) is 0 Å². The monoisotopic (exact) mass is 353 g/mol. The second-order valence-corrected chi connectivity index (χ2v) is 6.53. The van der Waals surface area contributed by atoms with Gasteiger partial charge in [-0.15, -0.1) is 11.3 Å². The first kappa shape index (κ1) is 15.9. The third-order valence-electron chi connectivity index (χ3n) is 3.28. The van der Waals surface area contributed by atoms with Gasteiger partial charge in [-0.05, 0) is 31.0 Å². The number of thiazole rings is 1. The minimum Gasteiger partial charge on any atom is -0.326 e. The number of halogens is 2. The summed E-state index contributed by atoms with van der Waals surface area (Å²) in [4.78, 5) is 27.8. The molecule has 0 radical (unpaired) electrons. The minimum absolute atomic E-state index is 0.0173. The predicted molar refractivity (Wildman–Crippen MR) is 87.2 cm³/mol. The maximum atomic E-state index is 13.1. The molecule has 0 spiro atoms. The lowest BCUT2D eigenvalue weighted by Crippen LogP contribution is -2.15. The Morgan fingerprint density at radius 2 is 2.13 bits per heavy atom. The Morgan fingerprint density at radius 1 is 1.35 bits per heavy atom. The lowest BCUT2D eigenvalue weighted by molar-refractivity contribution is -0.117. The summed E-state index contributed by atoms with van der Waals surface area (Å²) in [7, 11) is 0. The van der Waals surface area contributed by atoms with E-state index in [1.165, 1.54) is 29.5 Å². The zero-order valence-electron chi connectivity index (χ0n) is 11.9. The highest BCUT2D eigenvalue weighted by molar-refractivity contribution is 7.13. The maximum Gasteiger partial charge on any atom is 0.230 e. The number of amides is 2. The summed E-state index contributed by atoms with van der Waals surface area (Å²) in [6.45, 7) is 0. The first-order valence-corrected chi connectivity index (χ1v) is 8.27. The van der Waals surface area contributed by atoms with Crippen molar-refractivity contribution in [3.63, 3.8) is 0 Å². The highest BCUT2D eigenvalue weighted by Gasteiger charge is 2.30. The molecule has 2 N–H and O–H groups in total. The Balaban J connectivity index is 1.56. The van der Waals surface area contributed by atoms with Crippen LogP contribution in [0.5, 0.6) is 0 Å². The Kier molecular flexibility index (Phi) is 4.58. The zero-order valence-corrected chi connectivity index (χ0v) is 13.5. The molecular weight excluding hydrogens is 341 g/mol. The molecule has 0 atom stereocenters. The molecule has 2 aromatic rings. The van der Waals surface area contributed by atoms with Crippen molar-refractivity contribution >= 4 is 45.6 Å². The number of rotatable bonds is 5. The minimum atomic E-state index is -0.541. The molecule has 1 heterocycles. The van der Waals surface area contributed by atoms with E-state index >= 15 is 0 Å². The standard InChI is InChI=1S/C15H13ClFN3O2S/c16-11-5-9(3-4-12(11)17)18-13(21)6-10-7-23-15(19-10)20-14(22)8-1-2-8/h3-5,7-8H,1-2,6H2,(H,18,21)(H,19,20,22). The second-order valence-electron chi connectivity index (χ2n) is 5.26. The molecule has 23 heavy (non-hydrogen) atoms. The van der Waals surface area contributed by atoms with Crippen LogP contribution in [0.4, 0.5) is 15.2 Å². The van der Waals surface area contributed by atoms with Crippen molar-refractivity contribution in [1.82, 2.24) is 4.98 Å². The van der Waals surface area contributed by atoms with Crippen LogP contribution in [0.1, 0.15) is 18.5 Å². The Hall–Kier alpha value is -1.99. The van der Waals surface area contributed by atoms with E-state index in [2.05, 4.69) is 15.6 Å². The van der Waals surface area contributed by atoms with Gasteiger partial charge in [-0.1, -0.05) is 11.6 Å². The van der Waals surface area contributed by atoms with Crippen LogP contribution < -0.4 is 10.6 Å². The summed E-state index contributed by atoms with van der Waals surface area (Å²) >= 11 is 6.94. The topological polar surface area (TPSA) is 71.1 Å². The molecule has 5 nitrogen and oxygen atoms in total. The van der Waals surface area contributed by atoms with Gasteiger partial charge in [-0.25, -0.2) is 9.37 Å². The molecule has 1 aromatic heterocycles.